The normalized spacial score (nSPS) is 11.7. The lowest BCUT2D eigenvalue weighted by Crippen LogP contribution is -2.16. The van der Waals surface area contributed by atoms with Gasteiger partial charge < -0.3 is 10.1 Å². The van der Waals surface area contributed by atoms with Crippen LogP contribution in [0, 0.1) is 0 Å². The van der Waals surface area contributed by atoms with E-state index < -0.39 is 27.7 Å². The molecule has 0 unspecified atom stereocenters. The van der Waals surface area contributed by atoms with Gasteiger partial charge in [-0.05, 0) is 54.6 Å². The van der Waals surface area contributed by atoms with Gasteiger partial charge in [0.25, 0.3) is 15.9 Å². The predicted octanol–water partition coefficient (Wildman–Crippen LogP) is 5.42. The number of hydrogen-bond donors (Lipinski definition) is 2. The molecule has 3 aromatic rings. The number of rotatable bonds is 6. The number of ether oxygens (including phenoxy) is 1. The summed E-state index contributed by atoms with van der Waals surface area (Å²) in [7, 11) is -2.94. The molecule has 1 amide bonds. The van der Waals surface area contributed by atoms with E-state index >= 15 is 0 Å². The molecule has 3 aromatic carbocycles. The van der Waals surface area contributed by atoms with Crippen LogP contribution in [0.4, 0.5) is 24.5 Å². The number of benzene rings is 3. The van der Waals surface area contributed by atoms with Gasteiger partial charge >= 0.3 is 6.18 Å². The van der Waals surface area contributed by atoms with Crippen LogP contribution in [-0.4, -0.2) is 21.4 Å². The van der Waals surface area contributed by atoms with Crippen LogP contribution in [0.3, 0.4) is 0 Å². The van der Waals surface area contributed by atoms with E-state index in [2.05, 4.69) is 10.0 Å². The van der Waals surface area contributed by atoms with Gasteiger partial charge in [0.2, 0.25) is 0 Å². The quantitative estimate of drug-likeness (QED) is 0.489. The van der Waals surface area contributed by atoms with Crippen LogP contribution in [-0.2, 0) is 16.2 Å². The van der Waals surface area contributed by atoms with E-state index in [1.807, 2.05) is 0 Å². The highest BCUT2D eigenvalue weighted by molar-refractivity contribution is 7.92. The number of alkyl halides is 3. The van der Waals surface area contributed by atoms with E-state index in [-0.39, 0.29) is 27.6 Å². The zero-order valence-electron chi connectivity index (χ0n) is 16.4. The van der Waals surface area contributed by atoms with E-state index in [1.165, 1.54) is 37.4 Å². The standard InChI is InChI=1S/C21H16ClF3N2O4S/c1-31-19-9-8-17(12-18(19)26-20(28)13-4-2-6-15(22)10-13)32(29,30)27-16-7-3-5-14(11-16)21(23,24)25/h2-12,27H,1H3,(H,26,28). The lowest BCUT2D eigenvalue weighted by Gasteiger charge is -2.14. The molecule has 2 N–H and O–H groups in total. The average molecular weight is 485 g/mol. The Bertz CT molecular complexity index is 1260. The first kappa shape index (κ1) is 23.4. The topological polar surface area (TPSA) is 84.5 Å². The molecule has 0 bridgehead atoms. The molecule has 0 saturated carbocycles. The van der Waals surface area contributed by atoms with Crippen molar-refractivity contribution in [3.63, 3.8) is 0 Å². The van der Waals surface area contributed by atoms with Crippen molar-refractivity contribution in [3.05, 3.63) is 82.9 Å². The van der Waals surface area contributed by atoms with Crippen LogP contribution in [0.15, 0.2) is 71.6 Å². The Kier molecular flexibility index (Phi) is 6.65. The monoisotopic (exact) mass is 484 g/mol. The number of hydrogen-bond acceptors (Lipinski definition) is 4. The molecule has 0 spiro atoms. The highest BCUT2D eigenvalue weighted by Gasteiger charge is 2.30. The van der Waals surface area contributed by atoms with Crippen LogP contribution in [0.1, 0.15) is 15.9 Å². The molecular formula is C21H16ClF3N2O4S. The number of anilines is 2. The van der Waals surface area contributed by atoms with Crippen molar-refractivity contribution in [3.8, 4) is 5.75 Å². The molecule has 0 heterocycles. The van der Waals surface area contributed by atoms with Crippen molar-refractivity contribution < 1.29 is 31.1 Å². The van der Waals surface area contributed by atoms with Crippen LogP contribution in [0.25, 0.3) is 0 Å². The second-order valence-corrected chi connectivity index (χ2v) is 8.63. The van der Waals surface area contributed by atoms with Gasteiger partial charge in [0, 0.05) is 16.3 Å². The number of carbonyl (C=O) groups excluding carboxylic acids is 1. The predicted molar refractivity (Wildman–Crippen MR) is 115 cm³/mol. The zero-order valence-corrected chi connectivity index (χ0v) is 18.0. The van der Waals surface area contributed by atoms with Crippen molar-refractivity contribution in [2.75, 3.05) is 17.1 Å². The highest BCUT2D eigenvalue weighted by Crippen LogP contribution is 2.32. The van der Waals surface area contributed by atoms with Crippen molar-refractivity contribution in [2.24, 2.45) is 0 Å². The first-order valence-corrected chi connectivity index (χ1v) is 10.8. The lowest BCUT2D eigenvalue weighted by molar-refractivity contribution is -0.137. The van der Waals surface area contributed by atoms with E-state index in [9.17, 15) is 26.4 Å². The van der Waals surface area contributed by atoms with Gasteiger partial charge in [0.05, 0.1) is 23.3 Å². The first-order chi connectivity index (χ1) is 15.0. The van der Waals surface area contributed by atoms with Gasteiger partial charge in [-0.25, -0.2) is 8.42 Å². The number of amides is 1. The third-order valence-corrected chi connectivity index (χ3v) is 5.87. The molecule has 0 saturated heterocycles. The number of nitrogens with one attached hydrogen (secondary N) is 2. The second kappa shape index (κ2) is 9.09. The molecule has 168 valence electrons. The van der Waals surface area contributed by atoms with Gasteiger partial charge in [-0.1, -0.05) is 23.7 Å². The molecule has 0 fully saturated rings. The Labute approximate surface area is 187 Å². The average Bonchev–Trinajstić information content (AvgIpc) is 2.73. The molecule has 32 heavy (non-hydrogen) atoms. The van der Waals surface area contributed by atoms with Crippen LogP contribution < -0.4 is 14.8 Å². The summed E-state index contributed by atoms with van der Waals surface area (Å²) >= 11 is 5.89. The maximum Gasteiger partial charge on any atom is 0.416 e. The Morgan fingerprint density at radius 2 is 1.72 bits per heavy atom. The molecule has 0 atom stereocenters. The maximum absolute atomic E-state index is 12.9. The smallest absolute Gasteiger partial charge is 0.416 e. The highest BCUT2D eigenvalue weighted by atomic mass is 35.5. The van der Waals surface area contributed by atoms with Gasteiger partial charge in [-0.15, -0.1) is 0 Å². The number of sulfonamides is 1. The van der Waals surface area contributed by atoms with E-state index in [4.69, 9.17) is 16.3 Å². The van der Waals surface area contributed by atoms with Crippen LogP contribution >= 0.6 is 11.6 Å². The molecule has 3 rings (SSSR count). The summed E-state index contributed by atoms with van der Waals surface area (Å²) < 4.78 is 71.5. The van der Waals surface area contributed by atoms with Gasteiger partial charge in [-0.3, -0.25) is 9.52 Å². The number of carbonyl (C=O) groups is 1. The van der Waals surface area contributed by atoms with Gasteiger partial charge in [-0.2, -0.15) is 13.2 Å². The Morgan fingerprint density at radius 3 is 2.38 bits per heavy atom. The van der Waals surface area contributed by atoms with Gasteiger partial charge in [0.1, 0.15) is 5.75 Å². The second-order valence-electron chi connectivity index (χ2n) is 6.51. The lowest BCUT2D eigenvalue weighted by atomic mass is 10.2. The summed E-state index contributed by atoms with van der Waals surface area (Å²) in [5.74, 6) is -0.385. The first-order valence-electron chi connectivity index (χ1n) is 8.94. The molecule has 0 aliphatic heterocycles. The summed E-state index contributed by atoms with van der Waals surface area (Å²) in [6.07, 6.45) is -4.63. The molecule has 0 radical (unpaired) electrons. The third-order valence-electron chi connectivity index (χ3n) is 4.26. The Morgan fingerprint density at radius 1 is 1.00 bits per heavy atom. The van der Waals surface area contributed by atoms with E-state index in [1.54, 1.807) is 12.1 Å². The third kappa shape index (κ3) is 5.51. The summed E-state index contributed by atoms with van der Waals surface area (Å²) in [5.41, 5.74) is -0.985. The summed E-state index contributed by atoms with van der Waals surface area (Å²) in [6.45, 7) is 0. The van der Waals surface area contributed by atoms with Crippen molar-refractivity contribution in [2.45, 2.75) is 11.1 Å². The number of methoxy groups -OCH3 is 1. The zero-order chi connectivity index (χ0) is 23.5. The molecule has 6 nitrogen and oxygen atoms in total. The Hall–Kier alpha value is -3.24. The van der Waals surface area contributed by atoms with E-state index in [0.717, 1.165) is 18.2 Å². The molecular weight excluding hydrogens is 469 g/mol. The fourth-order valence-electron chi connectivity index (χ4n) is 2.75. The maximum atomic E-state index is 12.9. The molecule has 11 heteroatoms. The van der Waals surface area contributed by atoms with Crippen LogP contribution in [0.5, 0.6) is 5.75 Å². The Balaban J connectivity index is 1.90. The summed E-state index contributed by atoms with van der Waals surface area (Å²) in [6, 6.07) is 13.6. The minimum atomic E-state index is -4.63. The largest absolute Gasteiger partial charge is 0.495 e. The molecule has 0 aliphatic rings. The SMILES string of the molecule is COc1ccc(S(=O)(=O)Nc2cccc(C(F)(F)F)c2)cc1NC(=O)c1cccc(Cl)c1. The fraction of sp³-hybridized carbons (Fsp3) is 0.0952. The molecule has 0 aromatic heterocycles. The van der Waals surface area contributed by atoms with Crippen LogP contribution in [0.2, 0.25) is 5.02 Å². The van der Waals surface area contributed by atoms with Crippen molar-refractivity contribution >= 4 is 38.9 Å². The molecule has 0 aliphatic carbocycles. The van der Waals surface area contributed by atoms with E-state index in [0.29, 0.717) is 11.1 Å². The summed E-state index contributed by atoms with van der Waals surface area (Å²) in [4.78, 5) is 12.2. The fourth-order valence-corrected chi connectivity index (χ4v) is 4.01. The van der Waals surface area contributed by atoms with Crippen molar-refractivity contribution in [1.29, 1.82) is 0 Å². The van der Waals surface area contributed by atoms with Gasteiger partial charge in [0.15, 0.2) is 0 Å². The number of halogens is 4. The minimum Gasteiger partial charge on any atom is -0.495 e. The van der Waals surface area contributed by atoms with Crippen molar-refractivity contribution in [1.82, 2.24) is 0 Å². The summed E-state index contributed by atoms with van der Waals surface area (Å²) in [5, 5.41) is 2.89. The minimum absolute atomic E-state index is 0.0457.